The average Bonchev–Trinajstić information content (AvgIpc) is 3.04. The van der Waals surface area contributed by atoms with Crippen LogP contribution in [0.1, 0.15) is 10.6 Å². The number of anilines is 2. The van der Waals surface area contributed by atoms with E-state index >= 15 is 0 Å². The maximum absolute atomic E-state index is 9.47. The van der Waals surface area contributed by atoms with E-state index in [0.717, 1.165) is 42.0 Å². The van der Waals surface area contributed by atoms with Crippen LogP contribution < -0.4 is 16.0 Å². The minimum atomic E-state index is 0.178. The predicted octanol–water partition coefficient (Wildman–Crippen LogP) is 2.95. The van der Waals surface area contributed by atoms with Gasteiger partial charge in [-0.2, -0.15) is 0 Å². The molecule has 3 rings (SSSR count). The first-order valence-corrected chi connectivity index (χ1v) is 9.40. The number of hydrogen-bond donors (Lipinski definition) is 3. The van der Waals surface area contributed by atoms with E-state index in [-0.39, 0.29) is 5.75 Å². The number of benzene rings is 1. The Morgan fingerprint density at radius 3 is 2.96 bits per heavy atom. The lowest BCUT2D eigenvalue weighted by Crippen LogP contribution is -2.36. The Morgan fingerprint density at radius 2 is 2.22 bits per heavy atom. The molecule has 0 bridgehead atoms. The number of rotatable bonds is 6. The summed E-state index contributed by atoms with van der Waals surface area (Å²) in [6.07, 6.45) is 3.33. The van der Waals surface area contributed by atoms with Gasteiger partial charge in [0.25, 0.3) is 0 Å². The summed E-state index contributed by atoms with van der Waals surface area (Å²) in [7, 11) is 0. The van der Waals surface area contributed by atoms with Crippen LogP contribution in [-0.4, -0.2) is 42.6 Å². The number of phenolic OH excluding ortho intramolecular Hbond substituents is 1. The van der Waals surface area contributed by atoms with Crippen molar-refractivity contribution in [3.8, 4) is 5.75 Å². The maximum atomic E-state index is 9.47. The van der Waals surface area contributed by atoms with Crippen LogP contribution in [0.3, 0.4) is 0 Å². The highest BCUT2D eigenvalue weighted by Gasteiger charge is 2.17. The molecule has 1 aliphatic heterocycles. The maximum Gasteiger partial charge on any atom is 0.186 e. The number of thiazole rings is 1. The van der Waals surface area contributed by atoms with Crippen LogP contribution in [0.4, 0.5) is 10.8 Å². The van der Waals surface area contributed by atoms with Gasteiger partial charge in [-0.25, -0.2) is 9.98 Å². The van der Waals surface area contributed by atoms with E-state index in [1.807, 2.05) is 13.0 Å². The van der Waals surface area contributed by atoms with E-state index < -0.39 is 0 Å². The highest BCUT2D eigenvalue weighted by Crippen LogP contribution is 2.29. The standard InChI is InChI=1S/C19H23N5O2S/c1-13-18(27-19(22-13)24-8-10-26-11-9-24)17(20)6-7-21-14(2)23-15-4-3-5-16(25)12-15/h3-7,12,23,25H,2,8-11,20H2,1H3/b17-6-,21-7?. The number of nitrogens with one attached hydrogen (secondary N) is 1. The van der Waals surface area contributed by atoms with Gasteiger partial charge < -0.3 is 25.8 Å². The Labute approximate surface area is 162 Å². The molecule has 1 fully saturated rings. The largest absolute Gasteiger partial charge is 0.508 e. The summed E-state index contributed by atoms with van der Waals surface area (Å²) in [6, 6.07) is 6.76. The fourth-order valence-corrected chi connectivity index (χ4v) is 3.66. The van der Waals surface area contributed by atoms with Gasteiger partial charge in [-0.05, 0) is 25.1 Å². The topological polar surface area (TPSA) is 96.0 Å². The first kappa shape index (κ1) is 18.9. The number of phenols is 1. The van der Waals surface area contributed by atoms with Gasteiger partial charge in [0, 0.05) is 31.1 Å². The fourth-order valence-electron chi connectivity index (χ4n) is 2.61. The second-order valence-electron chi connectivity index (χ2n) is 6.03. The van der Waals surface area contributed by atoms with E-state index in [0.29, 0.717) is 17.2 Å². The van der Waals surface area contributed by atoms with Crippen LogP contribution in [0.15, 0.2) is 47.7 Å². The zero-order chi connectivity index (χ0) is 19.2. The third-order valence-corrected chi connectivity index (χ3v) is 5.22. The van der Waals surface area contributed by atoms with Crippen LogP contribution in [0.5, 0.6) is 5.75 Å². The molecule has 0 radical (unpaired) electrons. The Bertz CT molecular complexity index is 869. The van der Waals surface area contributed by atoms with E-state index in [4.69, 9.17) is 10.5 Å². The molecule has 0 unspecified atom stereocenters. The van der Waals surface area contributed by atoms with Gasteiger partial charge in [0.1, 0.15) is 11.6 Å². The Hall–Kier alpha value is -2.84. The summed E-state index contributed by atoms with van der Waals surface area (Å²) < 4.78 is 5.38. The van der Waals surface area contributed by atoms with Crippen molar-refractivity contribution >= 4 is 34.1 Å². The Kier molecular flexibility index (Phi) is 6.10. The number of nitrogens with zero attached hydrogens (tertiary/aromatic N) is 3. The highest BCUT2D eigenvalue weighted by molar-refractivity contribution is 7.16. The van der Waals surface area contributed by atoms with Gasteiger partial charge in [-0.1, -0.05) is 24.0 Å². The lowest BCUT2D eigenvalue weighted by molar-refractivity contribution is 0.122. The SMILES string of the molecule is C=C(N=C/C=C(\N)c1sc(N2CCOCC2)nc1C)Nc1cccc(O)c1. The monoisotopic (exact) mass is 385 g/mol. The number of ether oxygens (including phenoxy) is 1. The van der Waals surface area contributed by atoms with Crippen molar-refractivity contribution in [2.45, 2.75) is 6.92 Å². The van der Waals surface area contributed by atoms with Crippen molar-refractivity contribution in [1.29, 1.82) is 0 Å². The molecular formula is C19H23N5O2S. The predicted molar refractivity (Wildman–Crippen MR) is 111 cm³/mol. The smallest absolute Gasteiger partial charge is 0.186 e. The van der Waals surface area contributed by atoms with E-state index in [1.54, 1.807) is 41.8 Å². The lowest BCUT2D eigenvalue weighted by atomic mass is 10.3. The van der Waals surface area contributed by atoms with E-state index in [9.17, 15) is 5.11 Å². The average molecular weight is 385 g/mol. The number of allylic oxidation sites excluding steroid dienone is 1. The summed E-state index contributed by atoms with van der Waals surface area (Å²) in [5.74, 6) is 0.623. The second-order valence-corrected chi connectivity index (χ2v) is 7.01. The molecular weight excluding hydrogens is 362 g/mol. The quantitative estimate of drug-likeness (QED) is 0.662. The third-order valence-electron chi connectivity index (χ3n) is 3.95. The van der Waals surface area contributed by atoms with Crippen molar-refractivity contribution < 1.29 is 9.84 Å². The number of aliphatic imine (C=N–C) groups is 1. The summed E-state index contributed by atoms with van der Waals surface area (Å²) >= 11 is 1.58. The second kappa shape index (κ2) is 8.70. The zero-order valence-corrected chi connectivity index (χ0v) is 16.0. The summed E-state index contributed by atoms with van der Waals surface area (Å²) in [5, 5.41) is 13.4. The van der Waals surface area contributed by atoms with Crippen molar-refractivity contribution in [2.75, 3.05) is 36.5 Å². The fraction of sp³-hybridized carbons (Fsp3) is 0.263. The molecule has 1 aromatic carbocycles. The number of aromatic hydroxyl groups is 1. The van der Waals surface area contributed by atoms with Crippen LogP contribution >= 0.6 is 11.3 Å². The van der Waals surface area contributed by atoms with Gasteiger partial charge in [-0.15, -0.1) is 0 Å². The minimum absolute atomic E-state index is 0.178. The molecule has 142 valence electrons. The minimum Gasteiger partial charge on any atom is -0.508 e. The molecule has 0 spiro atoms. The molecule has 1 aliphatic rings. The van der Waals surface area contributed by atoms with E-state index in [1.165, 1.54) is 0 Å². The lowest BCUT2D eigenvalue weighted by Gasteiger charge is -2.26. The number of aromatic nitrogens is 1. The Balaban J connectivity index is 1.63. The molecule has 8 heteroatoms. The van der Waals surface area contributed by atoms with E-state index in [2.05, 4.69) is 26.8 Å². The molecule has 0 aliphatic carbocycles. The normalized spacial score (nSPS) is 15.3. The molecule has 4 N–H and O–H groups in total. The van der Waals surface area contributed by atoms with Gasteiger partial charge in [0.15, 0.2) is 5.13 Å². The molecule has 7 nitrogen and oxygen atoms in total. The van der Waals surface area contributed by atoms with Crippen molar-refractivity contribution in [3.05, 3.63) is 53.3 Å². The van der Waals surface area contributed by atoms with Gasteiger partial charge in [0.2, 0.25) is 0 Å². The number of morpholine rings is 1. The molecule has 0 saturated carbocycles. The molecule has 2 heterocycles. The summed E-state index contributed by atoms with van der Waals surface area (Å²) in [5.41, 5.74) is 8.43. The molecule has 2 aromatic rings. The first-order valence-electron chi connectivity index (χ1n) is 8.58. The zero-order valence-electron chi connectivity index (χ0n) is 15.2. The van der Waals surface area contributed by atoms with Gasteiger partial charge in [-0.3, -0.25) is 0 Å². The first-order chi connectivity index (χ1) is 13.0. The van der Waals surface area contributed by atoms with Crippen molar-refractivity contribution in [1.82, 2.24) is 4.98 Å². The van der Waals surface area contributed by atoms with Crippen LogP contribution in [0.2, 0.25) is 0 Å². The number of nitrogens with two attached hydrogens (primary N) is 1. The molecule has 1 saturated heterocycles. The number of aryl methyl sites for hydroxylation is 1. The third kappa shape index (κ3) is 5.08. The van der Waals surface area contributed by atoms with Crippen LogP contribution in [0, 0.1) is 6.92 Å². The highest BCUT2D eigenvalue weighted by atomic mass is 32.1. The Morgan fingerprint density at radius 1 is 1.44 bits per heavy atom. The van der Waals surface area contributed by atoms with Crippen LogP contribution in [0.25, 0.3) is 5.70 Å². The van der Waals surface area contributed by atoms with Crippen molar-refractivity contribution in [3.63, 3.8) is 0 Å². The number of hydrogen-bond acceptors (Lipinski definition) is 8. The summed E-state index contributed by atoms with van der Waals surface area (Å²) in [4.78, 5) is 12.0. The molecule has 27 heavy (non-hydrogen) atoms. The van der Waals surface area contributed by atoms with Crippen molar-refractivity contribution in [2.24, 2.45) is 10.7 Å². The molecule has 0 atom stereocenters. The molecule has 1 aromatic heterocycles. The molecule has 0 amide bonds. The summed E-state index contributed by atoms with van der Waals surface area (Å²) in [6.45, 7) is 8.93. The van der Waals surface area contributed by atoms with Crippen LogP contribution in [-0.2, 0) is 4.74 Å². The van der Waals surface area contributed by atoms with Gasteiger partial charge in [0.05, 0.1) is 29.5 Å². The van der Waals surface area contributed by atoms with Gasteiger partial charge >= 0.3 is 0 Å².